The van der Waals surface area contributed by atoms with Crippen molar-refractivity contribution in [1.82, 2.24) is 5.32 Å². The molecule has 0 aliphatic heterocycles. The van der Waals surface area contributed by atoms with E-state index in [9.17, 15) is 4.79 Å². The Morgan fingerprint density at radius 2 is 2.33 bits per heavy atom. The number of hydrogen-bond acceptors (Lipinski definition) is 2. The van der Waals surface area contributed by atoms with Crippen LogP contribution in [0.15, 0.2) is 0 Å². The molecule has 3 nitrogen and oxygen atoms in total. The lowest BCUT2D eigenvalue weighted by atomic mass is 9.89. The van der Waals surface area contributed by atoms with E-state index in [4.69, 9.17) is 4.74 Å². The Balaban J connectivity index is 2.04. The molecular formula is C6H11NO2. The molecule has 0 spiro atoms. The molecule has 52 valence electrons. The van der Waals surface area contributed by atoms with Gasteiger partial charge in [0.25, 0.3) is 0 Å². The number of methoxy groups -OCH3 is 1. The molecule has 0 radical (unpaired) electrons. The van der Waals surface area contributed by atoms with Gasteiger partial charge in [0.15, 0.2) is 0 Å². The minimum Gasteiger partial charge on any atom is -0.381 e. The largest absolute Gasteiger partial charge is 0.381 e. The predicted octanol–water partition coefficient (Wildman–Crippen LogP) is -0.0902. The lowest BCUT2D eigenvalue weighted by Crippen LogP contribution is -2.44. The highest BCUT2D eigenvalue weighted by molar-refractivity contribution is 5.47. The average molecular weight is 129 g/mol. The fraction of sp³-hybridized carbons (Fsp3) is 0.833. The van der Waals surface area contributed by atoms with Gasteiger partial charge >= 0.3 is 0 Å². The third kappa shape index (κ3) is 1.42. The zero-order chi connectivity index (χ0) is 6.69. The third-order valence-corrected chi connectivity index (χ3v) is 1.73. The highest BCUT2D eigenvalue weighted by atomic mass is 16.5. The van der Waals surface area contributed by atoms with Crippen LogP contribution in [0.2, 0.25) is 0 Å². The fourth-order valence-electron chi connectivity index (χ4n) is 0.990. The smallest absolute Gasteiger partial charge is 0.207 e. The van der Waals surface area contributed by atoms with Gasteiger partial charge in [0.05, 0.1) is 6.10 Å². The molecule has 0 aromatic rings. The van der Waals surface area contributed by atoms with Crippen LogP contribution in [0.25, 0.3) is 0 Å². The first-order valence-electron chi connectivity index (χ1n) is 3.09. The van der Waals surface area contributed by atoms with Crippen LogP contribution in [0.4, 0.5) is 0 Å². The molecule has 0 aromatic carbocycles. The first-order chi connectivity index (χ1) is 4.36. The van der Waals surface area contributed by atoms with E-state index in [-0.39, 0.29) is 0 Å². The topological polar surface area (TPSA) is 38.3 Å². The highest BCUT2D eigenvalue weighted by Gasteiger charge is 2.27. The lowest BCUT2D eigenvalue weighted by Gasteiger charge is -2.33. The molecule has 1 amide bonds. The number of nitrogens with one attached hydrogen (secondary N) is 1. The van der Waals surface area contributed by atoms with E-state index in [2.05, 4.69) is 5.32 Å². The fourth-order valence-corrected chi connectivity index (χ4v) is 0.990. The minimum atomic E-state index is 0.368. The molecule has 0 bridgehead atoms. The van der Waals surface area contributed by atoms with Crippen molar-refractivity contribution in [2.24, 2.45) is 0 Å². The van der Waals surface area contributed by atoms with E-state index >= 15 is 0 Å². The van der Waals surface area contributed by atoms with Gasteiger partial charge in [0.1, 0.15) is 0 Å². The summed E-state index contributed by atoms with van der Waals surface area (Å²) in [6, 6.07) is 0.368. The van der Waals surface area contributed by atoms with Crippen molar-refractivity contribution in [2.75, 3.05) is 7.11 Å². The Labute approximate surface area is 54.4 Å². The van der Waals surface area contributed by atoms with Crippen LogP contribution < -0.4 is 5.32 Å². The summed E-state index contributed by atoms with van der Waals surface area (Å²) in [5.41, 5.74) is 0. The van der Waals surface area contributed by atoms with Crippen LogP contribution in [-0.4, -0.2) is 25.7 Å². The van der Waals surface area contributed by atoms with Crippen LogP contribution >= 0.6 is 0 Å². The minimum absolute atomic E-state index is 0.368. The number of amides is 1. The highest BCUT2D eigenvalue weighted by Crippen LogP contribution is 2.21. The first kappa shape index (κ1) is 6.55. The maximum atomic E-state index is 9.85. The van der Waals surface area contributed by atoms with Gasteiger partial charge in [0.2, 0.25) is 6.41 Å². The van der Waals surface area contributed by atoms with E-state index < -0.39 is 0 Å². The van der Waals surface area contributed by atoms with Crippen LogP contribution in [0.5, 0.6) is 0 Å². The van der Waals surface area contributed by atoms with Crippen molar-refractivity contribution < 1.29 is 9.53 Å². The van der Waals surface area contributed by atoms with E-state index in [0.29, 0.717) is 12.1 Å². The Kier molecular flexibility index (Phi) is 2.05. The van der Waals surface area contributed by atoms with Gasteiger partial charge in [-0.3, -0.25) is 4.79 Å². The van der Waals surface area contributed by atoms with Crippen molar-refractivity contribution >= 4 is 6.41 Å². The molecule has 1 fully saturated rings. The molecule has 1 N–H and O–H groups in total. The Morgan fingerprint density at radius 1 is 1.67 bits per heavy atom. The predicted molar refractivity (Wildman–Crippen MR) is 33.0 cm³/mol. The second-order valence-electron chi connectivity index (χ2n) is 2.31. The zero-order valence-corrected chi connectivity index (χ0v) is 5.46. The third-order valence-electron chi connectivity index (χ3n) is 1.73. The standard InChI is InChI=1S/C6H11NO2/c1-9-6-2-5(3-6)7-4-8/h4-6H,2-3H2,1H3,(H,7,8). The summed E-state index contributed by atoms with van der Waals surface area (Å²) in [5.74, 6) is 0. The molecule has 0 atom stereocenters. The molecule has 0 aromatic heterocycles. The molecule has 1 rings (SSSR count). The zero-order valence-electron chi connectivity index (χ0n) is 5.46. The van der Waals surface area contributed by atoms with Gasteiger partial charge in [-0.05, 0) is 12.8 Å². The molecule has 0 unspecified atom stereocenters. The molecule has 9 heavy (non-hydrogen) atoms. The Hall–Kier alpha value is -0.570. The van der Waals surface area contributed by atoms with Crippen molar-refractivity contribution in [3.63, 3.8) is 0 Å². The summed E-state index contributed by atoms with van der Waals surface area (Å²) in [7, 11) is 1.70. The monoisotopic (exact) mass is 129 g/mol. The molecule has 1 aliphatic carbocycles. The Morgan fingerprint density at radius 3 is 2.78 bits per heavy atom. The van der Waals surface area contributed by atoms with Crippen molar-refractivity contribution in [1.29, 1.82) is 0 Å². The summed E-state index contributed by atoms with van der Waals surface area (Å²) in [5, 5.41) is 2.69. The summed E-state index contributed by atoms with van der Waals surface area (Å²) < 4.78 is 5.01. The maximum Gasteiger partial charge on any atom is 0.207 e. The summed E-state index contributed by atoms with van der Waals surface area (Å²) >= 11 is 0. The summed E-state index contributed by atoms with van der Waals surface area (Å²) in [6.07, 6.45) is 3.06. The molecule has 0 saturated heterocycles. The Bertz CT molecular complexity index is 99.2. The van der Waals surface area contributed by atoms with Gasteiger partial charge in [-0.1, -0.05) is 0 Å². The van der Waals surface area contributed by atoms with Crippen LogP contribution in [0.1, 0.15) is 12.8 Å². The molecular weight excluding hydrogens is 118 g/mol. The molecule has 3 heteroatoms. The number of hydrogen-bond donors (Lipinski definition) is 1. The van der Waals surface area contributed by atoms with Gasteiger partial charge in [-0.25, -0.2) is 0 Å². The van der Waals surface area contributed by atoms with E-state index in [1.807, 2.05) is 0 Å². The molecule has 1 saturated carbocycles. The van der Waals surface area contributed by atoms with E-state index in [1.54, 1.807) is 7.11 Å². The molecule has 0 heterocycles. The van der Waals surface area contributed by atoms with E-state index in [1.165, 1.54) is 0 Å². The summed E-state index contributed by atoms with van der Waals surface area (Å²) in [4.78, 5) is 9.85. The van der Waals surface area contributed by atoms with Gasteiger partial charge < -0.3 is 10.1 Å². The number of ether oxygens (including phenoxy) is 1. The first-order valence-corrected chi connectivity index (χ1v) is 3.09. The molecule has 1 aliphatic rings. The van der Waals surface area contributed by atoms with Gasteiger partial charge in [0, 0.05) is 13.2 Å². The van der Waals surface area contributed by atoms with E-state index in [0.717, 1.165) is 19.3 Å². The van der Waals surface area contributed by atoms with Crippen LogP contribution in [-0.2, 0) is 9.53 Å². The number of carbonyl (C=O) groups excluding carboxylic acids is 1. The van der Waals surface area contributed by atoms with Crippen molar-refractivity contribution in [3.8, 4) is 0 Å². The number of carbonyl (C=O) groups is 1. The SMILES string of the molecule is COC1CC(NC=O)C1. The second-order valence-corrected chi connectivity index (χ2v) is 2.31. The summed E-state index contributed by atoms with van der Waals surface area (Å²) in [6.45, 7) is 0. The van der Waals surface area contributed by atoms with Gasteiger partial charge in [-0.15, -0.1) is 0 Å². The normalized spacial score (nSPS) is 33.0. The lowest BCUT2D eigenvalue weighted by molar-refractivity contribution is -0.111. The average Bonchev–Trinajstić information content (AvgIpc) is 1.77. The van der Waals surface area contributed by atoms with Crippen molar-refractivity contribution in [2.45, 2.75) is 25.0 Å². The van der Waals surface area contributed by atoms with Crippen molar-refractivity contribution in [3.05, 3.63) is 0 Å². The quantitative estimate of drug-likeness (QED) is 0.541. The second kappa shape index (κ2) is 2.82. The van der Waals surface area contributed by atoms with Crippen LogP contribution in [0, 0.1) is 0 Å². The van der Waals surface area contributed by atoms with Gasteiger partial charge in [-0.2, -0.15) is 0 Å². The van der Waals surface area contributed by atoms with Crippen LogP contribution in [0.3, 0.4) is 0 Å². The maximum absolute atomic E-state index is 9.85. The number of rotatable bonds is 3.